The summed E-state index contributed by atoms with van der Waals surface area (Å²) in [6.07, 6.45) is 5.51. The molecule has 2 rings (SSSR count). The van der Waals surface area contributed by atoms with Crippen LogP contribution in [0.5, 0.6) is 0 Å². The van der Waals surface area contributed by atoms with Crippen molar-refractivity contribution in [3.8, 4) is 0 Å². The molecule has 0 aliphatic heterocycles. The van der Waals surface area contributed by atoms with Crippen molar-refractivity contribution in [1.82, 2.24) is 4.98 Å². The molecule has 2 nitrogen and oxygen atoms in total. The molecule has 1 unspecified atom stereocenters. The van der Waals surface area contributed by atoms with Crippen LogP contribution in [0.2, 0.25) is 0 Å². The van der Waals surface area contributed by atoms with Crippen LogP contribution in [-0.4, -0.2) is 4.98 Å². The number of aryl methyl sites for hydroxylation is 1. The molecule has 0 saturated heterocycles. The normalized spacial score (nSPS) is 12.4. The second kappa shape index (κ2) is 6.12. The summed E-state index contributed by atoms with van der Waals surface area (Å²) in [4.78, 5) is 4.16. The highest BCUT2D eigenvalue weighted by Gasteiger charge is 2.07. The third kappa shape index (κ3) is 3.40. The van der Waals surface area contributed by atoms with Gasteiger partial charge in [-0.05, 0) is 51.5 Å². The molecule has 94 valence electrons. The van der Waals surface area contributed by atoms with E-state index in [2.05, 4.69) is 58.2 Å². The van der Waals surface area contributed by atoms with Crippen LogP contribution in [0.1, 0.15) is 29.7 Å². The first kappa shape index (κ1) is 13.2. The molecule has 1 aromatic carbocycles. The van der Waals surface area contributed by atoms with Crippen LogP contribution in [0.25, 0.3) is 0 Å². The smallest absolute Gasteiger partial charge is 0.0410 e. The Morgan fingerprint density at radius 3 is 2.50 bits per heavy atom. The Bertz CT molecular complexity index is 508. The van der Waals surface area contributed by atoms with E-state index in [0.29, 0.717) is 0 Å². The molecule has 1 aromatic heterocycles. The van der Waals surface area contributed by atoms with Gasteiger partial charge < -0.3 is 5.73 Å². The van der Waals surface area contributed by atoms with Gasteiger partial charge in [-0.2, -0.15) is 0 Å². The molecule has 1 atom stereocenters. The summed E-state index contributed by atoms with van der Waals surface area (Å²) in [5.41, 5.74) is 9.89. The van der Waals surface area contributed by atoms with Gasteiger partial charge in [0.2, 0.25) is 0 Å². The van der Waals surface area contributed by atoms with Gasteiger partial charge in [-0.1, -0.05) is 31.2 Å². The van der Waals surface area contributed by atoms with Crippen LogP contribution in [0, 0.1) is 0 Å². The summed E-state index contributed by atoms with van der Waals surface area (Å²) in [5, 5.41) is 0. The average molecular weight is 305 g/mol. The van der Waals surface area contributed by atoms with Gasteiger partial charge in [0.05, 0.1) is 0 Å². The van der Waals surface area contributed by atoms with E-state index in [0.717, 1.165) is 22.9 Å². The Balaban J connectivity index is 2.09. The van der Waals surface area contributed by atoms with E-state index in [-0.39, 0.29) is 6.04 Å². The fourth-order valence-corrected chi connectivity index (χ4v) is 2.35. The van der Waals surface area contributed by atoms with Gasteiger partial charge in [0.1, 0.15) is 0 Å². The van der Waals surface area contributed by atoms with Crippen molar-refractivity contribution in [3.63, 3.8) is 0 Å². The quantitative estimate of drug-likeness (QED) is 0.936. The number of rotatable bonds is 4. The van der Waals surface area contributed by atoms with Gasteiger partial charge in [-0.25, -0.2) is 0 Å². The Labute approximate surface area is 116 Å². The van der Waals surface area contributed by atoms with Crippen molar-refractivity contribution < 1.29 is 0 Å². The van der Waals surface area contributed by atoms with E-state index in [1.807, 2.05) is 6.20 Å². The lowest BCUT2D eigenvalue weighted by molar-refractivity contribution is 0.719. The highest BCUT2D eigenvalue weighted by Crippen LogP contribution is 2.18. The number of aromatic nitrogens is 1. The number of benzene rings is 1. The standard InChI is InChI=1S/C15H17BrN2/c1-2-11-3-5-13(6-4-11)15(17)8-12-7-14(16)10-18-9-12/h3-7,9-10,15H,2,8,17H2,1H3. The van der Waals surface area contributed by atoms with Crippen molar-refractivity contribution in [1.29, 1.82) is 0 Å². The van der Waals surface area contributed by atoms with E-state index in [1.54, 1.807) is 6.20 Å². The van der Waals surface area contributed by atoms with Crippen LogP contribution in [0.15, 0.2) is 47.2 Å². The first-order valence-electron chi connectivity index (χ1n) is 6.13. The number of pyridine rings is 1. The van der Waals surface area contributed by atoms with Gasteiger partial charge in [-0.3, -0.25) is 4.98 Å². The zero-order chi connectivity index (χ0) is 13.0. The van der Waals surface area contributed by atoms with Crippen molar-refractivity contribution in [2.45, 2.75) is 25.8 Å². The zero-order valence-electron chi connectivity index (χ0n) is 10.4. The molecular weight excluding hydrogens is 288 g/mol. The lowest BCUT2D eigenvalue weighted by Crippen LogP contribution is -2.13. The Hall–Kier alpha value is -1.19. The maximum Gasteiger partial charge on any atom is 0.0410 e. The minimum atomic E-state index is 0.0204. The molecular formula is C15H17BrN2. The van der Waals surface area contributed by atoms with Gasteiger partial charge in [0, 0.05) is 22.9 Å². The molecule has 0 bridgehead atoms. The second-order valence-electron chi connectivity index (χ2n) is 4.42. The molecule has 2 aromatic rings. The third-order valence-electron chi connectivity index (χ3n) is 3.03. The highest BCUT2D eigenvalue weighted by molar-refractivity contribution is 9.10. The van der Waals surface area contributed by atoms with Gasteiger partial charge in [0.15, 0.2) is 0 Å². The van der Waals surface area contributed by atoms with E-state index in [4.69, 9.17) is 5.73 Å². The molecule has 0 saturated carbocycles. The molecule has 0 spiro atoms. The summed E-state index contributed by atoms with van der Waals surface area (Å²) in [6, 6.07) is 10.6. The van der Waals surface area contributed by atoms with Crippen LogP contribution in [0.3, 0.4) is 0 Å². The SMILES string of the molecule is CCc1ccc(C(N)Cc2cncc(Br)c2)cc1. The van der Waals surface area contributed by atoms with Crippen molar-refractivity contribution >= 4 is 15.9 Å². The van der Waals surface area contributed by atoms with E-state index < -0.39 is 0 Å². The van der Waals surface area contributed by atoms with Gasteiger partial charge in [-0.15, -0.1) is 0 Å². The first-order valence-corrected chi connectivity index (χ1v) is 6.92. The molecule has 0 fully saturated rings. The number of nitrogens with two attached hydrogens (primary N) is 1. The molecule has 0 radical (unpaired) electrons. The van der Waals surface area contributed by atoms with Crippen LogP contribution < -0.4 is 5.73 Å². The Morgan fingerprint density at radius 2 is 1.89 bits per heavy atom. The van der Waals surface area contributed by atoms with Crippen LogP contribution in [0.4, 0.5) is 0 Å². The van der Waals surface area contributed by atoms with E-state index in [1.165, 1.54) is 11.1 Å². The average Bonchev–Trinajstić information content (AvgIpc) is 2.39. The van der Waals surface area contributed by atoms with Crippen molar-refractivity contribution in [2.24, 2.45) is 5.73 Å². The molecule has 18 heavy (non-hydrogen) atoms. The maximum atomic E-state index is 6.23. The largest absolute Gasteiger partial charge is 0.324 e. The Morgan fingerprint density at radius 1 is 1.17 bits per heavy atom. The molecule has 0 aliphatic carbocycles. The van der Waals surface area contributed by atoms with E-state index >= 15 is 0 Å². The molecule has 0 amide bonds. The van der Waals surface area contributed by atoms with Crippen LogP contribution >= 0.6 is 15.9 Å². The fourth-order valence-electron chi connectivity index (χ4n) is 1.94. The molecule has 0 aliphatic rings. The second-order valence-corrected chi connectivity index (χ2v) is 5.33. The van der Waals surface area contributed by atoms with Crippen molar-refractivity contribution in [2.75, 3.05) is 0 Å². The highest BCUT2D eigenvalue weighted by atomic mass is 79.9. The lowest BCUT2D eigenvalue weighted by atomic mass is 9.99. The fraction of sp³-hybridized carbons (Fsp3) is 0.267. The molecule has 2 N–H and O–H groups in total. The zero-order valence-corrected chi connectivity index (χ0v) is 12.0. The summed E-state index contributed by atoms with van der Waals surface area (Å²) in [7, 11) is 0. The third-order valence-corrected chi connectivity index (χ3v) is 3.47. The summed E-state index contributed by atoms with van der Waals surface area (Å²) in [5.74, 6) is 0. The summed E-state index contributed by atoms with van der Waals surface area (Å²) in [6.45, 7) is 2.15. The molecule has 3 heteroatoms. The predicted octanol–water partition coefficient (Wildman–Crippen LogP) is 3.65. The van der Waals surface area contributed by atoms with Gasteiger partial charge in [0.25, 0.3) is 0 Å². The van der Waals surface area contributed by atoms with E-state index in [9.17, 15) is 0 Å². The lowest BCUT2D eigenvalue weighted by Gasteiger charge is -2.12. The minimum absolute atomic E-state index is 0.0204. The number of nitrogens with zero attached hydrogens (tertiary/aromatic N) is 1. The minimum Gasteiger partial charge on any atom is -0.324 e. The number of halogens is 1. The molecule has 1 heterocycles. The van der Waals surface area contributed by atoms with Crippen molar-refractivity contribution in [3.05, 3.63) is 63.9 Å². The monoisotopic (exact) mass is 304 g/mol. The number of hydrogen-bond acceptors (Lipinski definition) is 2. The number of hydrogen-bond donors (Lipinski definition) is 1. The van der Waals surface area contributed by atoms with Gasteiger partial charge >= 0.3 is 0 Å². The predicted molar refractivity (Wildman–Crippen MR) is 78.4 cm³/mol. The van der Waals surface area contributed by atoms with Crippen LogP contribution in [-0.2, 0) is 12.8 Å². The topological polar surface area (TPSA) is 38.9 Å². The first-order chi connectivity index (χ1) is 8.69. The maximum absolute atomic E-state index is 6.23. The summed E-state index contributed by atoms with van der Waals surface area (Å²) < 4.78 is 0.994. The summed E-state index contributed by atoms with van der Waals surface area (Å²) >= 11 is 3.42. The Kier molecular flexibility index (Phi) is 4.50.